The molecule has 0 aliphatic carbocycles. The maximum Gasteiger partial charge on any atom is 0.234 e. The van der Waals surface area contributed by atoms with Gasteiger partial charge < -0.3 is 4.74 Å². The summed E-state index contributed by atoms with van der Waals surface area (Å²) in [6.45, 7) is 3.58. The Bertz CT molecular complexity index is 787. The van der Waals surface area contributed by atoms with E-state index in [9.17, 15) is 9.18 Å². The largest absolute Gasteiger partial charge is 0.435 e. The molecular formula is C15H10FN3O2S. The van der Waals surface area contributed by atoms with Crippen LogP contribution in [0.4, 0.5) is 4.39 Å². The normalized spacial score (nSPS) is 9.86. The molecule has 0 aliphatic rings. The van der Waals surface area contributed by atoms with Crippen molar-refractivity contribution in [1.82, 2.24) is 9.97 Å². The summed E-state index contributed by atoms with van der Waals surface area (Å²) in [5, 5.41) is 8.40. The summed E-state index contributed by atoms with van der Waals surface area (Å²) < 4.78 is 19.3. The molecule has 0 amide bonds. The number of halogens is 1. The molecule has 0 N–H and O–H groups in total. The van der Waals surface area contributed by atoms with Gasteiger partial charge in [0.2, 0.25) is 11.0 Å². The van der Waals surface area contributed by atoms with Gasteiger partial charge in [-0.1, -0.05) is 18.3 Å². The van der Waals surface area contributed by atoms with Gasteiger partial charge in [-0.15, -0.1) is 0 Å². The van der Waals surface area contributed by atoms with Crippen molar-refractivity contribution < 1.29 is 13.9 Å². The second-order valence-electron chi connectivity index (χ2n) is 3.99. The molecule has 22 heavy (non-hydrogen) atoms. The summed E-state index contributed by atoms with van der Waals surface area (Å²) in [4.78, 5) is 19.8. The first-order valence-electron chi connectivity index (χ1n) is 6.04. The van der Waals surface area contributed by atoms with Crippen LogP contribution >= 0.6 is 11.8 Å². The molecule has 0 fully saturated rings. The fraction of sp³-hybridized carbons (Fsp3) is 0.0667. The van der Waals surface area contributed by atoms with Crippen LogP contribution < -0.4 is 4.74 Å². The maximum absolute atomic E-state index is 13.9. The van der Waals surface area contributed by atoms with E-state index < -0.39 is 5.82 Å². The van der Waals surface area contributed by atoms with Crippen molar-refractivity contribution in [2.24, 2.45) is 0 Å². The Morgan fingerprint density at radius 2 is 2.27 bits per heavy atom. The van der Waals surface area contributed by atoms with Crippen LogP contribution in [-0.2, 0) is 0 Å². The number of aromatic nitrogens is 2. The van der Waals surface area contributed by atoms with Gasteiger partial charge in [-0.2, -0.15) is 5.26 Å². The highest BCUT2D eigenvalue weighted by Gasteiger charge is 2.19. The van der Waals surface area contributed by atoms with E-state index in [-0.39, 0.29) is 27.9 Å². The number of carbonyl (C=O) groups excluding carboxylic acids is 1. The van der Waals surface area contributed by atoms with Crippen molar-refractivity contribution in [3.05, 3.63) is 53.7 Å². The molecule has 0 unspecified atom stereocenters. The molecule has 110 valence electrons. The molecule has 1 aromatic carbocycles. The van der Waals surface area contributed by atoms with Gasteiger partial charge in [0.15, 0.2) is 11.6 Å². The summed E-state index contributed by atoms with van der Waals surface area (Å²) in [6, 6.07) is 5.58. The predicted octanol–water partition coefficient (Wildman–Crippen LogP) is 3.43. The van der Waals surface area contributed by atoms with E-state index in [4.69, 9.17) is 10.00 Å². The Kier molecular flexibility index (Phi) is 4.86. The fourth-order valence-electron chi connectivity index (χ4n) is 1.67. The van der Waals surface area contributed by atoms with E-state index >= 15 is 0 Å². The number of benzene rings is 1. The number of hydrogen-bond donors (Lipinski definition) is 0. The van der Waals surface area contributed by atoms with Gasteiger partial charge in [0.05, 0.1) is 17.3 Å². The summed E-state index contributed by atoms with van der Waals surface area (Å²) in [5.41, 5.74) is 0.590. The van der Waals surface area contributed by atoms with Crippen molar-refractivity contribution >= 4 is 23.0 Å². The van der Waals surface area contributed by atoms with Crippen LogP contribution in [0, 0.1) is 17.1 Å². The SMILES string of the molecule is C=Cc1ncnc(Oc2ccc(C#N)cc2F)c1C(=O)SC. The van der Waals surface area contributed by atoms with E-state index in [1.165, 1.54) is 24.5 Å². The van der Waals surface area contributed by atoms with E-state index in [0.717, 1.165) is 17.8 Å². The second kappa shape index (κ2) is 6.83. The lowest BCUT2D eigenvalue weighted by Crippen LogP contribution is -2.05. The monoisotopic (exact) mass is 315 g/mol. The van der Waals surface area contributed by atoms with Crippen LogP contribution in [0.3, 0.4) is 0 Å². The van der Waals surface area contributed by atoms with Crippen LogP contribution in [0.5, 0.6) is 11.6 Å². The van der Waals surface area contributed by atoms with Gasteiger partial charge in [0.25, 0.3) is 0 Å². The third-order valence-electron chi connectivity index (χ3n) is 2.69. The molecule has 2 rings (SSSR count). The van der Waals surface area contributed by atoms with Gasteiger partial charge in [-0.3, -0.25) is 4.79 Å². The van der Waals surface area contributed by atoms with Crippen molar-refractivity contribution in [3.8, 4) is 17.7 Å². The topological polar surface area (TPSA) is 75.9 Å². The molecule has 0 atom stereocenters. The minimum absolute atomic E-state index is 0.0622. The second-order valence-corrected chi connectivity index (χ2v) is 4.77. The van der Waals surface area contributed by atoms with Crippen LogP contribution in [0.2, 0.25) is 0 Å². The first kappa shape index (κ1) is 15.7. The molecule has 0 saturated heterocycles. The highest BCUT2D eigenvalue weighted by molar-refractivity contribution is 8.13. The molecule has 0 saturated carbocycles. The zero-order valence-electron chi connectivity index (χ0n) is 11.5. The first-order valence-corrected chi connectivity index (χ1v) is 7.26. The number of ether oxygens (including phenoxy) is 1. The van der Waals surface area contributed by atoms with Crippen LogP contribution in [-0.4, -0.2) is 21.3 Å². The number of nitrogens with zero attached hydrogens (tertiary/aromatic N) is 3. The van der Waals surface area contributed by atoms with E-state index in [2.05, 4.69) is 16.5 Å². The minimum Gasteiger partial charge on any atom is -0.435 e. The average molecular weight is 315 g/mol. The molecule has 5 nitrogen and oxygen atoms in total. The minimum atomic E-state index is -0.722. The van der Waals surface area contributed by atoms with Crippen molar-refractivity contribution in [1.29, 1.82) is 5.26 Å². The Labute approximate surface area is 130 Å². The van der Waals surface area contributed by atoms with Gasteiger partial charge in [-0.25, -0.2) is 14.4 Å². The Morgan fingerprint density at radius 3 is 2.86 bits per heavy atom. The molecule has 1 heterocycles. The summed E-state index contributed by atoms with van der Waals surface area (Å²) in [5.74, 6) is -0.920. The van der Waals surface area contributed by atoms with E-state index in [0.29, 0.717) is 5.69 Å². The van der Waals surface area contributed by atoms with Gasteiger partial charge in [0, 0.05) is 0 Å². The third-order valence-corrected chi connectivity index (χ3v) is 3.27. The molecule has 0 bridgehead atoms. The number of carbonyl (C=O) groups is 1. The van der Waals surface area contributed by atoms with E-state index in [1.807, 2.05) is 6.07 Å². The van der Waals surface area contributed by atoms with Crippen LogP contribution in [0.25, 0.3) is 6.08 Å². The van der Waals surface area contributed by atoms with Crippen molar-refractivity contribution in [2.45, 2.75) is 0 Å². The van der Waals surface area contributed by atoms with Crippen LogP contribution in [0.1, 0.15) is 21.6 Å². The lowest BCUT2D eigenvalue weighted by Gasteiger charge is -2.10. The standard InChI is InChI=1S/C15H10FN3O2S/c1-3-11-13(15(20)22-2)14(19-8-18-11)21-12-5-4-9(7-17)6-10(12)16/h3-6,8H,1H2,2H3. The summed E-state index contributed by atoms with van der Waals surface area (Å²) in [7, 11) is 0. The molecule has 0 spiro atoms. The van der Waals surface area contributed by atoms with Crippen LogP contribution in [0.15, 0.2) is 31.1 Å². The van der Waals surface area contributed by atoms with Gasteiger partial charge >= 0.3 is 0 Å². The number of thioether (sulfide) groups is 1. The Morgan fingerprint density at radius 1 is 1.50 bits per heavy atom. The predicted molar refractivity (Wildman–Crippen MR) is 81.2 cm³/mol. The molecule has 7 heteroatoms. The van der Waals surface area contributed by atoms with Crippen molar-refractivity contribution in [3.63, 3.8) is 0 Å². The van der Waals surface area contributed by atoms with Crippen molar-refractivity contribution in [2.75, 3.05) is 6.26 Å². The maximum atomic E-state index is 13.9. The molecular weight excluding hydrogens is 305 g/mol. The highest BCUT2D eigenvalue weighted by atomic mass is 32.2. The number of rotatable bonds is 4. The molecule has 0 aliphatic heterocycles. The fourth-order valence-corrected chi connectivity index (χ4v) is 2.06. The Balaban J connectivity index is 2.48. The highest BCUT2D eigenvalue weighted by Crippen LogP contribution is 2.29. The zero-order chi connectivity index (χ0) is 16.1. The molecule has 0 radical (unpaired) electrons. The van der Waals surface area contributed by atoms with Gasteiger partial charge in [-0.05, 0) is 30.5 Å². The lowest BCUT2D eigenvalue weighted by atomic mass is 10.2. The average Bonchev–Trinajstić information content (AvgIpc) is 2.55. The Hall–Kier alpha value is -2.72. The summed E-state index contributed by atoms with van der Waals surface area (Å²) in [6.07, 6.45) is 4.20. The number of nitriles is 1. The first-order chi connectivity index (χ1) is 10.6. The smallest absolute Gasteiger partial charge is 0.234 e. The number of hydrogen-bond acceptors (Lipinski definition) is 6. The van der Waals surface area contributed by atoms with Gasteiger partial charge in [0.1, 0.15) is 11.9 Å². The third kappa shape index (κ3) is 3.13. The summed E-state index contributed by atoms with van der Waals surface area (Å²) >= 11 is 0.959. The molecule has 2 aromatic rings. The van der Waals surface area contributed by atoms with E-state index in [1.54, 1.807) is 6.26 Å². The lowest BCUT2D eigenvalue weighted by molar-refractivity contribution is 0.108. The quantitative estimate of drug-likeness (QED) is 0.860. The molecule has 1 aromatic heterocycles. The zero-order valence-corrected chi connectivity index (χ0v) is 12.4.